The summed E-state index contributed by atoms with van der Waals surface area (Å²) in [5.74, 6) is 0. The van der Waals surface area contributed by atoms with Gasteiger partial charge in [0.25, 0.3) is 5.69 Å². The Hall–Kier alpha value is -2.88. The Bertz CT molecular complexity index is 782. The lowest BCUT2D eigenvalue weighted by Gasteiger charge is -2.07. The first-order valence-electron chi connectivity index (χ1n) is 6.68. The Morgan fingerprint density at radius 2 is 1.62 bits per heavy atom. The summed E-state index contributed by atoms with van der Waals surface area (Å²) in [4.78, 5) is 10.2. The van der Waals surface area contributed by atoms with Gasteiger partial charge in [0.15, 0.2) is 0 Å². The number of nitrogens with one attached hydrogen (secondary N) is 1. The summed E-state index contributed by atoms with van der Waals surface area (Å²) in [5, 5.41) is 16.3. The van der Waals surface area contributed by atoms with Crippen LogP contribution in [0.5, 0.6) is 0 Å². The molecule has 0 aromatic heterocycles. The Morgan fingerprint density at radius 3 is 2.33 bits per heavy atom. The van der Waals surface area contributed by atoms with Crippen molar-refractivity contribution in [2.75, 3.05) is 5.32 Å². The molecule has 0 unspecified atom stereocenters. The predicted octanol–water partition coefficient (Wildman–Crippen LogP) is 4.36. The first-order chi connectivity index (χ1) is 10.2. The number of hydrogen-bond donors (Lipinski definition) is 1. The molecule has 3 aromatic rings. The molecule has 3 aromatic carbocycles. The average molecular weight is 278 g/mol. The molecule has 0 atom stereocenters. The Morgan fingerprint density at radius 1 is 0.905 bits per heavy atom. The predicted molar refractivity (Wildman–Crippen MR) is 84.4 cm³/mol. The topological polar surface area (TPSA) is 55.2 Å². The molecule has 0 amide bonds. The van der Waals surface area contributed by atoms with E-state index in [2.05, 4.69) is 29.6 Å². The fourth-order valence-corrected chi connectivity index (χ4v) is 2.24. The molecule has 0 fully saturated rings. The van der Waals surface area contributed by atoms with E-state index < -0.39 is 0 Å². The molecule has 0 radical (unpaired) electrons. The average Bonchev–Trinajstić information content (AvgIpc) is 2.53. The SMILES string of the molecule is O=[N+]([O-])c1ccc(CNc2ccc3ccccc3c2)cc1. The van der Waals surface area contributed by atoms with Crippen molar-refractivity contribution in [2.45, 2.75) is 6.54 Å². The molecular formula is C17H14N2O2. The molecule has 1 N–H and O–H groups in total. The summed E-state index contributed by atoms with van der Waals surface area (Å²) in [6.45, 7) is 0.635. The molecule has 0 heterocycles. The van der Waals surface area contributed by atoms with Crippen LogP contribution in [0.15, 0.2) is 66.7 Å². The van der Waals surface area contributed by atoms with Crippen molar-refractivity contribution in [1.82, 2.24) is 0 Å². The Kier molecular flexibility index (Phi) is 3.51. The molecule has 4 nitrogen and oxygen atoms in total. The zero-order chi connectivity index (χ0) is 14.7. The van der Waals surface area contributed by atoms with Crippen LogP contribution >= 0.6 is 0 Å². The second kappa shape index (κ2) is 5.63. The van der Waals surface area contributed by atoms with Crippen LogP contribution in [0.2, 0.25) is 0 Å². The van der Waals surface area contributed by atoms with Gasteiger partial charge in [-0.2, -0.15) is 0 Å². The first-order valence-corrected chi connectivity index (χ1v) is 6.68. The molecule has 0 aliphatic heterocycles. The minimum atomic E-state index is -0.388. The molecule has 4 heteroatoms. The maximum Gasteiger partial charge on any atom is 0.269 e. The largest absolute Gasteiger partial charge is 0.381 e. The normalized spacial score (nSPS) is 10.5. The fraction of sp³-hybridized carbons (Fsp3) is 0.0588. The Labute approximate surface area is 122 Å². The van der Waals surface area contributed by atoms with Gasteiger partial charge in [-0.1, -0.05) is 42.5 Å². The minimum absolute atomic E-state index is 0.115. The van der Waals surface area contributed by atoms with Crippen molar-refractivity contribution in [3.63, 3.8) is 0 Å². The van der Waals surface area contributed by atoms with E-state index in [0.717, 1.165) is 11.3 Å². The number of nitro groups is 1. The number of fused-ring (bicyclic) bond motifs is 1. The highest BCUT2D eigenvalue weighted by Crippen LogP contribution is 2.20. The third kappa shape index (κ3) is 3.00. The van der Waals surface area contributed by atoms with Gasteiger partial charge < -0.3 is 5.32 Å². The number of anilines is 1. The van der Waals surface area contributed by atoms with Crippen molar-refractivity contribution in [3.05, 3.63) is 82.4 Å². The van der Waals surface area contributed by atoms with Gasteiger partial charge in [0.1, 0.15) is 0 Å². The van der Waals surface area contributed by atoms with Crippen LogP contribution in [0.3, 0.4) is 0 Å². The number of benzene rings is 3. The van der Waals surface area contributed by atoms with Crippen LogP contribution in [0.4, 0.5) is 11.4 Å². The third-order valence-electron chi connectivity index (χ3n) is 3.39. The fourth-order valence-electron chi connectivity index (χ4n) is 2.24. The van der Waals surface area contributed by atoms with Crippen molar-refractivity contribution in [1.29, 1.82) is 0 Å². The van der Waals surface area contributed by atoms with Gasteiger partial charge in [-0.05, 0) is 28.5 Å². The van der Waals surface area contributed by atoms with Gasteiger partial charge in [-0.25, -0.2) is 0 Å². The minimum Gasteiger partial charge on any atom is -0.381 e. The quantitative estimate of drug-likeness (QED) is 0.570. The van der Waals surface area contributed by atoms with Crippen molar-refractivity contribution in [3.8, 4) is 0 Å². The van der Waals surface area contributed by atoms with Crippen molar-refractivity contribution >= 4 is 22.1 Å². The highest BCUT2D eigenvalue weighted by Gasteiger charge is 2.03. The molecule has 0 bridgehead atoms. The smallest absolute Gasteiger partial charge is 0.269 e. The zero-order valence-electron chi connectivity index (χ0n) is 11.3. The van der Waals surface area contributed by atoms with Gasteiger partial charge in [0.05, 0.1) is 4.92 Å². The van der Waals surface area contributed by atoms with E-state index in [9.17, 15) is 10.1 Å². The molecule has 0 aliphatic rings. The standard InChI is InChI=1S/C17H14N2O2/c20-19(21)17-9-5-13(6-10-17)12-18-16-8-7-14-3-1-2-4-15(14)11-16/h1-11,18H,12H2. The van der Waals surface area contributed by atoms with E-state index >= 15 is 0 Å². The van der Waals surface area contributed by atoms with Gasteiger partial charge in [0.2, 0.25) is 0 Å². The van der Waals surface area contributed by atoms with E-state index in [1.54, 1.807) is 12.1 Å². The number of nitro benzene ring substituents is 1. The maximum absolute atomic E-state index is 10.6. The number of rotatable bonds is 4. The lowest BCUT2D eigenvalue weighted by molar-refractivity contribution is -0.384. The highest BCUT2D eigenvalue weighted by atomic mass is 16.6. The van der Waals surface area contributed by atoms with Crippen LogP contribution in [0.1, 0.15) is 5.56 Å². The van der Waals surface area contributed by atoms with Gasteiger partial charge in [0, 0.05) is 24.4 Å². The lowest BCUT2D eigenvalue weighted by atomic mass is 10.1. The van der Waals surface area contributed by atoms with E-state index in [1.807, 2.05) is 18.2 Å². The first kappa shape index (κ1) is 13.1. The molecule has 21 heavy (non-hydrogen) atoms. The molecule has 104 valence electrons. The highest BCUT2D eigenvalue weighted by molar-refractivity contribution is 5.85. The van der Waals surface area contributed by atoms with E-state index in [-0.39, 0.29) is 10.6 Å². The summed E-state index contributed by atoms with van der Waals surface area (Å²) in [6, 6.07) is 21.0. The lowest BCUT2D eigenvalue weighted by Crippen LogP contribution is -1.99. The zero-order valence-corrected chi connectivity index (χ0v) is 11.3. The van der Waals surface area contributed by atoms with Crippen LogP contribution in [-0.2, 0) is 6.54 Å². The van der Waals surface area contributed by atoms with Crippen LogP contribution in [-0.4, -0.2) is 4.92 Å². The molecule has 0 saturated heterocycles. The summed E-state index contributed by atoms with van der Waals surface area (Å²) >= 11 is 0. The van der Waals surface area contributed by atoms with E-state index in [4.69, 9.17) is 0 Å². The summed E-state index contributed by atoms with van der Waals surface area (Å²) in [5.41, 5.74) is 2.16. The molecular weight excluding hydrogens is 264 g/mol. The maximum atomic E-state index is 10.6. The third-order valence-corrected chi connectivity index (χ3v) is 3.39. The molecule has 0 saturated carbocycles. The number of hydrogen-bond acceptors (Lipinski definition) is 3. The van der Waals surface area contributed by atoms with Crippen LogP contribution in [0.25, 0.3) is 10.8 Å². The van der Waals surface area contributed by atoms with Crippen LogP contribution < -0.4 is 5.32 Å². The monoisotopic (exact) mass is 278 g/mol. The van der Waals surface area contributed by atoms with Gasteiger partial charge in [-0.3, -0.25) is 10.1 Å². The van der Waals surface area contributed by atoms with Crippen LogP contribution in [0, 0.1) is 10.1 Å². The van der Waals surface area contributed by atoms with Gasteiger partial charge >= 0.3 is 0 Å². The van der Waals surface area contributed by atoms with E-state index in [1.165, 1.54) is 22.9 Å². The summed E-state index contributed by atoms with van der Waals surface area (Å²) in [6.07, 6.45) is 0. The molecule has 0 aliphatic carbocycles. The number of nitrogens with zero attached hydrogens (tertiary/aromatic N) is 1. The van der Waals surface area contributed by atoms with Crippen molar-refractivity contribution < 1.29 is 4.92 Å². The summed E-state index contributed by atoms with van der Waals surface area (Å²) < 4.78 is 0. The molecule has 0 spiro atoms. The van der Waals surface area contributed by atoms with Gasteiger partial charge in [-0.15, -0.1) is 0 Å². The number of non-ortho nitro benzene ring substituents is 1. The Balaban J connectivity index is 1.72. The van der Waals surface area contributed by atoms with Crippen molar-refractivity contribution in [2.24, 2.45) is 0 Å². The molecule has 3 rings (SSSR count). The summed E-state index contributed by atoms with van der Waals surface area (Å²) in [7, 11) is 0. The second-order valence-electron chi connectivity index (χ2n) is 4.84. The van der Waals surface area contributed by atoms with E-state index in [0.29, 0.717) is 6.54 Å². The second-order valence-corrected chi connectivity index (χ2v) is 4.84.